The summed E-state index contributed by atoms with van der Waals surface area (Å²) < 4.78 is 2.18. The summed E-state index contributed by atoms with van der Waals surface area (Å²) in [5.74, 6) is -0.659. The van der Waals surface area contributed by atoms with Gasteiger partial charge in [-0.15, -0.1) is 11.3 Å². The standard InChI is InChI=1S/C23H17N3O3S2/c27-21(26-24-13-17-5-1-2-6-18(17)22(28)29)16-11-9-15(10-12-16)14-30-23-25-19-7-3-4-8-20(19)31-23/h1-13H,14H2,(H,26,27)(H,28,29)/b24-13+. The largest absolute Gasteiger partial charge is 0.478 e. The molecule has 0 aliphatic heterocycles. The van der Waals surface area contributed by atoms with Crippen molar-refractivity contribution in [1.82, 2.24) is 10.4 Å². The molecule has 2 N–H and O–H groups in total. The first kappa shape index (κ1) is 20.8. The van der Waals surface area contributed by atoms with Gasteiger partial charge >= 0.3 is 5.97 Å². The molecule has 0 radical (unpaired) electrons. The number of aromatic nitrogens is 1. The van der Waals surface area contributed by atoms with Gasteiger partial charge in [0.2, 0.25) is 0 Å². The Hall–Kier alpha value is -3.49. The quantitative estimate of drug-likeness (QED) is 0.235. The Morgan fingerprint density at radius 3 is 2.55 bits per heavy atom. The minimum absolute atomic E-state index is 0.121. The van der Waals surface area contributed by atoms with E-state index in [1.807, 2.05) is 30.3 Å². The lowest BCUT2D eigenvalue weighted by Crippen LogP contribution is -2.17. The van der Waals surface area contributed by atoms with Gasteiger partial charge in [0.1, 0.15) is 0 Å². The highest BCUT2D eigenvalue weighted by molar-refractivity contribution is 8.00. The molecule has 0 aliphatic rings. The molecule has 4 rings (SSSR count). The van der Waals surface area contributed by atoms with Crippen LogP contribution in [0, 0.1) is 0 Å². The van der Waals surface area contributed by atoms with Crippen LogP contribution in [0.25, 0.3) is 10.2 Å². The van der Waals surface area contributed by atoms with Gasteiger partial charge < -0.3 is 5.11 Å². The number of aromatic carboxylic acids is 1. The van der Waals surface area contributed by atoms with Crippen LogP contribution in [0.15, 0.2) is 82.2 Å². The zero-order valence-electron chi connectivity index (χ0n) is 16.2. The average Bonchev–Trinajstić information content (AvgIpc) is 3.21. The number of thiazole rings is 1. The van der Waals surface area contributed by atoms with E-state index in [0.717, 1.165) is 21.2 Å². The number of carboxylic acid groups (broad SMARTS) is 1. The maximum Gasteiger partial charge on any atom is 0.336 e. The highest BCUT2D eigenvalue weighted by Gasteiger charge is 2.08. The highest BCUT2D eigenvalue weighted by atomic mass is 32.2. The second-order valence-electron chi connectivity index (χ2n) is 6.52. The van der Waals surface area contributed by atoms with E-state index in [0.29, 0.717) is 11.1 Å². The first-order valence-electron chi connectivity index (χ1n) is 9.33. The number of nitrogens with zero attached hydrogens (tertiary/aromatic N) is 2. The fourth-order valence-electron chi connectivity index (χ4n) is 2.84. The summed E-state index contributed by atoms with van der Waals surface area (Å²) in [6.07, 6.45) is 1.32. The molecule has 0 spiro atoms. The van der Waals surface area contributed by atoms with Gasteiger partial charge in [0, 0.05) is 16.9 Å². The van der Waals surface area contributed by atoms with Crippen molar-refractivity contribution in [2.75, 3.05) is 0 Å². The number of benzene rings is 3. The van der Waals surface area contributed by atoms with Crippen molar-refractivity contribution in [3.8, 4) is 0 Å². The Morgan fingerprint density at radius 1 is 1.03 bits per heavy atom. The first-order valence-corrected chi connectivity index (χ1v) is 11.1. The Bertz CT molecular complexity index is 1230. The van der Waals surface area contributed by atoms with Gasteiger partial charge in [-0.25, -0.2) is 15.2 Å². The summed E-state index contributed by atoms with van der Waals surface area (Å²) in [7, 11) is 0. The molecule has 4 aromatic rings. The molecule has 31 heavy (non-hydrogen) atoms. The number of carbonyl (C=O) groups is 2. The predicted molar refractivity (Wildman–Crippen MR) is 124 cm³/mol. The molecule has 0 aliphatic carbocycles. The van der Waals surface area contributed by atoms with Crippen LogP contribution in [0.4, 0.5) is 0 Å². The summed E-state index contributed by atoms with van der Waals surface area (Å²) in [5, 5.41) is 13.1. The lowest BCUT2D eigenvalue weighted by atomic mass is 10.1. The number of hydrazone groups is 1. The summed E-state index contributed by atoms with van der Waals surface area (Å²) in [6.45, 7) is 0. The molecule has 3 aromatic carbocycles. The number of carboxylic acids is 1. The smallest absolute Gasteiger partial charge is 0.336 e. The third-order valence-corrected chi connectivity index (χ3v) is 6.66. The Labute approximate surface area is 186 Å². The van der Waals surface area contributed by atoms with Crippen LogP contribution < -0.4 is 5.43 Å². The number of rotatable bonds is 7. The van der Waals surface area contributed by atoms with E-state index >= 15 is 0 Å². The number of hydrogen-bond donors (Lipinski definition) is 2. The molecule has 0 bridgehead atoms. The number of thioether (sulfide) groups is 1. The van der Waals surface area contributed by atoms with Crippen LogP contribution in [-0.4, -0.2) is 28.2 Å². The Kier molecular flexibility index (Phi) is 6.40. The number of carbonyl (C=O) groups excluding carboxylic acids is 1. The predicted octanol–water partition coefficient (Wildman–Crippen LogP) is 5.05. The zero-order chi connectivity index (χ0) is 21.6. The van der Waals surface area contributed by atoms with Crippen molar-refractivity contribution >= 4 is 51.4 Å². The average molecular weight is 448 g/mol. The SMILES string of the molecule is O=C(N/N=C/c1ccccc1C(=O)O)c1ccc(CSc2nc3ccccc3s2)cc1. The zero-order valence-corrected chi connectivity index (χ0v) is 17.8. The normalized spacial score (nSPS) is 11.1. The van der Waals surface area contributed by atoms with E-state index in [2.05, 4.69) is 21.6 Å². The fourth-order valence-corrected chi connectivity index (χ4v) is 4.86. The van der Waals surface area contributed by atoms with Crippen molar-refractivity contribution in [2.45, 2.75) is 10.1 Å². The third kappa shape index (κ3) is 5.17. The van der Waals surface area contributed by atoms with Gasteiger partial charge in [0.25, 0.3) is 5.91 Å². The van der Waals surface area contributed by atoms with Crippen LogP contribution in [0.2, 0.25) is 0 Å². The number of hydrogen-bond acceptors (Lipinski definition) is 6. The van der Waals surface area contributed by atoms with Gasteiger partial charge in [0.05, 0.1) is 22.0 Å². The van der Waals surface area contributed by atoms with E-state index in [4.69, 9.17) is 0 Å². The molecule has 1 amide bonds. The van der Waals surface area contributed by atoms with E-state index in [9.17, 15) is 14.7 Å². The topological polar surface area (TPSA) is 91.7 Å². The second-order valence-corrected chi connectivity index (χ2v) is 8.78. The van der Waals surface area contributed by atoms with Crippen LogP contribution in [0.5, 0.6) is 0 Å². The molecule has 0 fully saturated rings. The maximum absolute atomic E-state index is 12.3. The van der Waals surface area contributed by atoms with Gasteiger partial charge in [-0.1, -0.05) is 54.2 Å². The minimum atomic E-state index is -1.05. The Morgan fingerprint density at radius 2 is 1.77 bits per heavy atom. The molecule has 0 saturated carbocycles. The molecular weight excluding hydrogens is 430 g/mol. The van der Waals surface area contributed by atoms with Gasteiger partial charge in [-0.2, -0.15) is 5.10 Å². The monoisotopic (exact) mass is 447 g/mol. The van der Waals surface area contributed by atoms with Gasteiger partial charge in [-0.05, 0) is 35.9 Å². The molecule has 1 aromatic heterocycles. The van der Waals surface area contributed by atoms with Crippen molar-refractivity contribution < 1.29 is 14.7 Å². The number of para-hydroxylation sites is 1. The summed E-state index contributed by atoms with van der Waals surface area (Å²) in [6, 6.07) is 21.8. The van der Waals surface area contributed by atoms with Crippen molar-refractivity contribution in [3.05, 3.63) is 95.1 Å². The molecule has 8 heteroatoms. The van der Waals surface area contributed by atoms with E-state index in [1.165, 1.54) is 17.0 Å². The van der Waals surface area contributed by atoms with E-state index in [1.54, 1.807) is 53.4 Å². The summed E-state index contributed by atoms with van der Waals surface area (Å²) in [5.41, 5.74) is 5.53. The van der Waals surface area contributed by atoms with Gasteiger partial charge in [-0.3, -0.25) is 4.79 Å². The summed E-state index contributed by atoms with van der Waals surface area (Å²) >= 11 is 3.33. The van der Waals surface area contributed by atoms with Crippen LogP contribution >= 0.6 is 23.1 Å². The van der Waals surface area contributed by atoms with Crippen LogP contribution in [0.1, 0.15) is 31.8 Å². The van der Waals surface area contributed by atoms with Crippen LogP contribution in [0.3, 0.4) is 0 Å². The number of nitrogens with one attached hydrogen (secondary N) is 1. The highest BCUT2D eigenvalue weighted by Crippen LogP contribution is 2.31. The molecule has 1 heterocycles. The lowest BCUT2D eigenvalue weighted by molar-refractivity contribution is 0.0696. The Balaban J connectivity index is 1.34. The maximum atomic E-state index is 12.3. The number of amides is 1. The molecule has 0 atom stereocenters. The fraction of sp³-hybridized carbons (Fsp3) is 0.0435. The van der Waals surface area contributed by atoms with Crippen molar-refractivity contribution in [3.63, 3.8) is 0 Å². The molecule has 154 valence electrons. The second kappa shape index (κ2) is 9.55. The molecule has 6 nitrogen and oxygen atoms in total. The first-order chi connectivity index (χ1) is 15.1. The molecule has 0 saturated heterocycles. The van der Waals surface area contributed by atoms with E-state index < -0.39 is 5.97 Å². The van der Waals surface area contributed by atoms with Gasteiger partial charge in [0.15, 0.2) is 4.34 Å². The summed E-state index contributed by atoms with van der Waals surface area (Å²) in [4.78, 5) is 28.1. The van der Waals surface area contributed by atoms with Crippen LogP contribution in [-0.2, 0) is 5.75 Å². The van der Waals surface area contributed by atoms with Crippen molar-refractivity contribution in [2.24, 2.45) is 5.10 Å². The lowest BCUT2D eigenvalue weighted by Gasteiger charge is -2.03. The minimum Gasteiger partial charge on any atom is -0.478 e. The van der Waals surface area contributed by atoms with Crippen molar-refractivity contribution in [1.29, 1.82) is 0 Å². The molecule has 0 unspecified atom stereocenters. The molecular formula is C23H17N3O3S2. The number of fused-ring (bicyclic) bond motifs is 1. The van der Waals surface area contributed by atoms with E-state index in [-0.39, 0.29) is 11.5 Å². The third-order valence-electron chi connectivity index (χ3n) is 4.41.